The Morgan fingerprint density at radius 3 is 2.47 bits per heavy atom. The van der Waals surface area contributed by atoms with E-state index >= 15 is 0 Å². The van der Waals surface area contributed by atoms with Crippen LogP contribution in [0.4, 0.5) is 0 Å². The van der Waals surface area contributed by atoms with Gasteiger partial charge in [0.25, 0.3) is 0 Å². The number of hydrogen-bond acceptors (Lipinski definition) is 2. The third-order valence-electron chi connectivity index (χ3n) is 3.01. The molecule has 0 saturated carbocycles. The maximum absolute atomic E-state index is 5.80. The Hall–Kier alpha value is -1.54. The second-order valence-electron chi connectivity index (χ2n) is 4.19. The van der Waals surface area contributed by atoms with Crippen molar-refractivity contribution in [2.45, 2.75) is 25.8 Å². The molecule has 0 aliphatic rings. The minimum absolute atomic E-state index is 0.248. The quantitative estimate of drug-likeness (QED) is 0.850. The zero-order chi connectivity index (χ0) is 12.1. The van der Waals surface area contributed by atoms with Gasteiger partial charge in [0.15, 0.2) is 0 Å². The summed E-state index contributed by atoms with van der Waals surface area (Å²) in [4.78, 5) is 0. The highest BCUT2D eigenvalue weighted by Crippen LogP contribution is 2.20. The predicted molar refractivity (Wildman–Crippen MR) is 70.0 cm³/mol. The molecule has 2 nitrogen and oxygen atoms in total. The van der Waals surface area contributed by atoms with Crippen LogP contribution in [0.25, 0.3) is 0 Å². The Balaban J connectivity index is 2.11. The van der Waals surface area contributed by atoms with Gasteiger partial charge in [-0.05, 0) is 31.2 Å². The van der Waals surface area contributed by atoms with Crippen molar-refractivity contribution in [3.05, 3.63) is 59.5 Å². The van der Waals surface area contributed by atoms with E-state index in [1.807, 2.05) is 13.1 Å². The molecule has 1 aromatic carbocycles. The van der Waals surface area contributed by atoms with Crippen molar-refractivity contribution in [2.75, 3.05) is 7.05 Å². The zero-order valence-electron chi connectivity index (χ0n) is 10.4. The molecule has 2 aromatic rings. The Labute approximate surface area is 103 Å². The second kappa shape index (κ2) is 5.69. The van der Waals surface area contributed by atoms with Gasteiger partial charge in [0.1, 0.15) is 11.5 Å². The van der Waals surface area contributed by atoms with Crippen molar-refractivity contribution in [3.8, 4) is 0 Å². The first-order valence-electron chi connectivity index (χ1n) is 6.13. The maximum atomic E-state index is 5.80. The van der Waals surface area contributed by atoms with Gasteiger partial charge in [0, 0.05) is 6.42 Å². The number of nitrogens with one attached hydrogen (secondary N) is 1. The Morgan fingerprint density at radius 1 is 1.12 bits per heavy atom. The molecule has 0 amide bonds. The summed E-state index contributed by atoms with van der Waals surface area (Å²) in [6.07, 6.45) is 1.90. The van der Waals surface area contributed by atoms with Crippen molar-refractivity contribution in [2.24, 2.45) is 0 Å². The lowest BCUT2D eigenvalue weighted by Gasteiger charge is -2.13. The molecule has 1 aromatic heterocycles. The highest BCUT2D eigenvalue weighted by atomic mass is 16.3. The zero-order valence-corrected chi connectivity index (χ0v) is 10.4. The minimum Gasteiger partial charge on any atom is -0.464 e. The Morgan fingerprint density at radius 2 is 1.88 bits per heavy atom. The van der Waals surface area contributed by atoms with E-state index in [2.05, 4.69) is 48.6 Å². The monoisotopic (exact) mass is 229 g/mol. The van der Waals surface area contributed by atoms with Crippen LogP contribution in [0.15, 0.2) is 46.9 Å². The summed E-state index contributed by atoms with van der Waals surface area (Å²) in [6.45, 7) is 2.11. The molecule has 0 fully saturated rings. The molecular weight excluding hydrogens is 210 g/mol. The lowest BCUT2D eigenvalue weighted by molar-refractivity contribution is 0.407. The van der Waals surface area contributed by atoms with Crippen LogP contribution >= 0.6 is 0 Å². The summed E-state index contributed by atoms with van der Waals surface area (Å²) in [5.74, 6) is 2.07. The molecule has 1 N–H and O–H groups in total. The second-order valence-corrected chi connectivity index (χ2v) is 4.19. The fraction of sp³-hybridized carbons (Fsp3) is 0.333. The van der Waals surface area contributed by atoms with Gasteiger partial charge in [0.2, 0.25) is 0 Å². The fourth-order valence-corrected chi connectivity index (χ4v) is 1.97. The number of aryl methyl sites for hydroxylation is 1. The number of furan rings is 1. The fourth-order valence-electron chi connectivity index (χ4n) is 1.97. The smallest absolute Gasteiger partial charge is 0.121 e. The van der Waals surface area contributed by atoms with E-state index in [4.69, 9.17) is 4.42 Å². The van der Waals surface area contributed by atoms with E-state index in [0.717, 1.165) is 24.4 Å². The van der Waals surface area contributed by atoms with E-state index in [1.54, 1.807) is 0 Å². The average molecular weight is 229 g/mol. The molecular formula is C15H19NO. The van der Waals surface area contributed by atoms with Gasteiger partial charge in [-0.25, -0.2) is 0 Å². The van der Waals surface area contributed by atoms with Gasteiger partial charge in [-0.3, -0.25) is 0 Å². The maximum Gasteiger partial charge on any atom is 0.121 e. The summed E-state index contributed by atoms with van der Waals surface area (Å²) in [5, 5.41) is 3.31. The van der Waals surface area contributed by atoms with Crippen molar-refractivity contribution < 1.29 is 4.42 Å². The molecule has 0 aliphatic carbocycles. The summed E-state index contributed by atoms with van der Waals surface area (Å²) >= 11 is 0. The molecule has 90 valence electrons. The molecule has 1 unspecified atom stereocenters. The van der Waals surface area contributed by atoms with Crippen molar-refractivity contribution in [3.63, 3.8) is 0 Å². The molecule has 0 saturated heterocycles. The summed E-state index contributed by atoms with van der Waals surface area (Å²) < 4.78 is 5.80. The first kappa shape index (κ1) is 11.9. The predicted octanol–water partition coefficient (Wildman–Crippen LogP) is 3.35. The van der Waals surface area contributed by atoms with Gasteiger partial charge in [-0.2, -0.15) is 0 Å². The Bertz CT molecular complexity index is 447. The van der Waals surface area contributed by atoms with Crippen LogP contribution < -0.4 is 5.32 Å². The Kier molecular flexibility index (Phi) is 3.99. The molecule has 2 heteroatoms. The van der Waals surface area contributed by atoms with Crippen molar-refractivity contribution in [1.82, 2.24) is 5.32 Å². The largest absolute Gasteiger partial charge is 0.464 e. The standard InChI is InChI=1S/C15H19NO/c1-3-13-9-10-15(17-13)14(16-2)11-12-7-5-4-6-8-12/h4-10,14,16H,3,11H2,1-2H3. The third kappa shape index (κ3) is 2.98. The minimum atomic E-state index is 0.248. The van der Waals surface area contributed by atoms with Gasteiger partial charge in [-0.15, -0.1) is 0 Å². The van der Waals surface area contributed by atoms with Crippen LogP contribution in [-0.2, 0) is 12.8 Å². The van der Waals surface area contributed by atoms with Crippen LogP contribution in [0.3, 0.4) is 0 Å². The van der Waals surface area contributed by atoms with Gasteiger partial charge in [0.05, 0.1) is 6.04 Å². The van der Waals surface area contributed by atoms with Crippen LogP contribution in [0.5, 0.6) is 0 Å². The van der Waals surface area contributed by atoms with Crippen LogP contribution in [0.1, 0.15) is 30.0 Å². The van der Waals surface area contributed by atoms with E-state index in [0.29, 0.717) is 0 Å². The highest BCUT2D eigenvalue weighted by molar-refractivity contribution is 5.19. The molecule has 0 aliphatic heterocycles. The lowest BCUT2D eigenvalue weighted by Crippen LogP contribution is -2.18. The first-order chi connectivity index (χ1) is 8.33. The molecule has 0 spiro atoms. The summed E-state index contributed by atoms with van der Waals surface area (Å²) in [6, 6.07) is 14.9. The van der Waals surface area contributed by atoms with Crippen molar-refractivity contribution >= 4 is 0 Å². The van der Waals surface area contributed by atoms with Crippen LogP contribution in [0.2, 0.25) is 0 Å². The molecule has 2 rings (SSSR count). The summed E-state index contributed by atoms with van der Waals surface area (Å²) in [5.41, 5.74) is 1.32. The molecule has 1 heterocycles. The number of hydrogen-bond donors (Lipinski definition) is 1. The topological polar surface area (TPSA) is 25.2 Å². The van der Waals surface area contributed by atoms with Gasteiger partial charge in [-0.1, -0.05) is 37.3 Å². The molecule has 0 radical (unpaired) electrons. The van der Waals surface area contributed by atoms with E-state index in [9.17, 15) is 0 Å². The van der Waals surface area contributed by atoms with Crippen LogP contribution in [0, 0.1) is 0 Å². The van der Waals surface area contributed by atoms with Gasteiger partial charge >= 0.3 is 0 Å². The SMILES string of the molecule is CCc1ccc(C(Cc2ccccc2)NC)o1. The van der Waals surface area contributed by atoms with E-state index in [-0.39, 0.29) is 6.04 Å². The van der Waals surface area contributed by atoms with E-state index in [1.165, 1.54) is 5.56 Å². The number of rotatable bonds is 5. The third-order valence-corrected chi connectivity index (χ3v) is 3.01. The average Bonchev–Trinajstić information content (AvgIpc) is 2.86. The molecule has 1 atom stereocenters. The molecule has 0 bridgehead atoms. The first-order valence-corrected chi connectivity index (χ1v) is 6.13. The normalized spacial score (nSPS) is 12.6. The van der Waals surface area contributed by atoms with Crippen LogP contribution in [-0.4, -0.2) is 7.05 Å². The van der Waals surface area contributed by atoms with Crippen molar-refractivity contribution in [1.29, 1.82) is 0 Å². The number of likely N-dealkylation sites (N-methyl/N-ethyl adjacent to an activating group) is 1. The number of benzene rings is 1. The lowest BCUT2D eigenvalue weighted by atomic mass is 10.0. The van der Waals surface area contributed by atoms with Gasteiger partial charge < -0.3 is 9.73 Å². The van der Waals surface area contributed by atoms with E-state index < -0.39 is 0 Å². The highest BCUT2D eigenvalue weighted by Gasteiger charge is 2.13. The summed E-state index contributed by atoms with van der Waals surface area (Å²) in [7, 11) is 1.97. The molecule has 17 heavy (non-hydrogen) atoms.